The first kappa shape index (κ1) is 12.5. The fourth-order valence-electron chi connectivity index (χ4n) is 1.64. The molecule has 0 spiro atoms. The van der Waals surface area contributed by atoms with E-state index >= 15 is 0 Å². The van der Waals surface area contributed by atoms with Gasteiger partial charge in [0, 0.05) is 11.9 Å². The van der Waals surface area contributed by atoms with Crippen molar-refractivity contribution in [3.63, 3.8) is 0 Å². The highest BCUT2D eigenvalue weighted by Crippen LogP contribution is 2.24. The van der Waals surface area contributed by atoms with E-state index in [1.54, 1.807) is 6.07 Å². The Balaban J connectivity index is 2.21. The second-order valence-electron chi connectivity index (χ2n) is 3.97. The Morgan fingerprint density at radius 3 is 2.76 bits per heavy atom. The molecule has 0 N–H and O–H groups in total. The number of imidazole rings is 1. The van der Waals surface area contributed by atoms with Crippen molar-refractivity contribution in [2.75, 3.05) is 0 Å². The normalized spacial score (nSPS) is 10.8. The van der Waals surface area contributed by atoms with Gasteiger partial charge in [-0.05, 0) is 31.0 Å². The lowest BCUT2D eigenvalue weighted by Gasteiger charge is -2.03. The van der Waals surface area contributed by atoms with Crippen LogP contribution in [0.1, 0.15) is 25.5 Å². The molecule has 0 radical (unpaired) electrons. The highest BCUT2D eigenvalue weighted by atomic mass is 35.5. The highest BCUT2D eigenvalue weighted by Gasteiger charge is 2.03. The number of benzene rings is 1. The number of rotatable bonds is 4. The van der Waals surface area contributed by atoms with E-state index in [1.165, 1.54) is 12.8 Å². The summed E-state index contributed by atoms with van der Waals surface area (Å²) in [5.74, 6) is 0. The smallest absolute Gasteiger partial charge is 0.0995 e. The molecule has 0 aliphatic rings. The molecular formula is C13H14Cl2N2. The van der Waals surface area contributed by atoms with Crippen LogP contribution in [0.2, 0.25) is 10.0 Å². The predicted molar refractivity (Wildman–Crippen MR) is 72.2 cm³/mol. The van der Waals surface area contributed by atoms with E-state index in [0.717, 1.165) is 17.8 Å². The molecule has 1 aromatic carbocycles. The van der Waals surface area contributed by atoms with Gasteiger partial charge >= 0.3 is 0 Å². The minimum absolute atomic E-state index is 0.563. The van der Waals surface area contributed by atoms with Crippen LogP contribution in [-0.2, 0) is 6.42 Å². The molecule has 17 heavy (non-hydrogen) atoms. The molecule has 0 amide bonds. The third-order valence-corrected chi connectivity index (χ3v) is 3.36. The number of unbranched alkanes of at least 4 members (excludes halogenated alkanes) is 1. The van der Waals surface area contributed by atoms with Crippen LogP contribution >= 0.6 is 23.2 Å². The first-order valence-corrected chi connectivity index (χ1v) is 6.44. The number of hydrogen-bond acceptors (Lipinski definition) is 1. The molecule has 1 heterocycles. The molecule has 0 fully saturated rings. The largest absolute Gasteiger partial charge is 0.306 e. The summed E-state index contributed by atoms with van der Waals surface area (Å²) < 4.78 is 1.97. The van der Waals surface area contributed by atoms with Gasteiger partial charge in [0.25, 0.3) is 0 Å². The van der Waals surface area contributed by atoms with Crippen molar-refractivity contribution in [3.8, 4) is 5.69 Å². The SMILES string of the molecule is CCCCc1cn(-c2ccc(Cl)c(Cl)c2)cn1. The topological polar surface area (TPSA) is 17.8 Å². The van der Waals surface area contributed by atoms with Crippen molar-refractivity contribution in [2.45, 2.75) is 26.2 Å². The Morgan fingerprint density at radius 2 is 2.06 bits per heavy atom. The zero-order valence-corrected chi connectivity index (χ0v) is 11.2. The second-order valence-corrected chi connectivity index (χ2v) is 4.79. The van der Waals surface area contributed by atoms with Crippen LogP contribution in [-0.4, -0.2) is 9.55 Å². The van der Waals surface area contributed by atoms with Crippen LogP contribution in [0.15, 0.2) is 30.7 Å². The van der Waals surface area contributed by atoms with Crippen LogP contribution in [0.3, 0.4) is 0 Å². The van der Waals surface area contributed by atoms with E-state index in [1.807, 2.05) is 29.2 Å². The maximum Gasteiger partial charge on any atom is 0.0995 e. The van der Waals surface area contributed by atoms with E-state index in [-0.39, 0.29) is 0 Å². The average molecular weight is 269 g/mol. The van der Waals surface area contributed by atoms with E-state index < -0.39 is 0 Å². The molecule has 0 atom stereocenters. The van der Waals surface area contributed by atoms with Gasteiger partial charge in [0.05, 0.1) is 22.1 Å². The quantitative estimate of drug-likeness (QED) is 0.797. The standard InChI is InChI=1S/C13H14Cl2N2/c1-2-3-4-10-8-17(9-16-10)11-5-6-12(14)13(15)7-11/h5-9H,2-4H2,1H3. The molecule has 0 saturated carbocycles. The summed E-state index contributed by atoms with van der Waals surface area (Å²) in [7, 11) is 0. The van der Waals surface area contributed by atoms with Gasteiger partial charge in [-0.1, -0.05) is 36.5 Å². The van der Waals surface area contributed by atoms with Gasteiger partial charge in [-0.3, -0.25) is 0 Å². The maximum atomic E-state index is 5.99. The minimum Gasteiger partial charge on any atom is -0.306 e. The first-order chi connectivity index (χ1) is 8.20. The monoisotopic (exact) mass is 268 g/mol. The molecule has 2 nitrogen and oxygen atoms in total. The van der Waals surface area contributed by atoms with Crippen molar-refractivity contribution in [3.05, 3.63) is 46.5 Å². The van der Waals surface area contributed by atoms with Crippen LogP contribution in [0.25, 0.3) is 5.69 Å². The van der Waals surface area contributed by atoms with E-state index in [0.29, 0.717) is 10.0 Å². The summed E-state index contributed by atoms with van der Waals surface area (Å²) in [4.78, 5) is 4.37. The summed E-state index contributed by atoms with van der Waals surface area (Å²) >= 11 is 11.9. The predicted octanol–water partition coefficient (Wildman–Crippen LogP) is 4.52. The van der Waals surface area contributed by atoms with E-state index in [2.05, 4.69) is 11.9 Å². The van der Waals surface area contributed by atoms with Crippen LogP contribution < -0.4 is 0 Å². The lowest BCUT2D eigenvalue weighted by Crippen LogP contribution is -1.90. The molecular weight excluding hydrogens is 255 g/mol. The number of hydrogen-bond donors (Lipinski definition) is 0. The Labute approximate surface area is 111 Å². The summed E-state index contributed by atoms with van der Waals surface area (Å²) in [5, 5.41) is 1.13. The van der Waals surface area contributed by atoms with Crippen LogP contribution in [0.4, 0.5) is 0 Å². The molecule has 2 rings (SSSR count). The van der Waals surface area contributed by atoms with Crippen molar-refractivity contribution in [2.24, 2.45) is 0 Å². The highest BCUT2D eigenvalue weighted by molar-refractivity contribution is 6.42. The lowest BCUT2D eigenvalue weighted by atomic mass is 10.2. The third-order valence-electron chi connectivity index (χ3n) is 2.62. The van der Waals surface area contributed by atoms with Crippen LogP contribution in [0, 0.1) is 0 Å². The maximum absolute atomic E-state index is 5.99. The van der Waals surface area contributed by atoms with E-state index in [4.69, 9.17) is 23.2 Å². The molecule has 0 saturated heterocycles. The molecule has 2 aromatic rings. The fourth-order valence-corrected chi connectivity index (χ4v) is 1.93. The zero-order chi connectivity index (χ0) is 12.3. The Bertz CT molecular complexity index is 506. The molecule has 0 aliphatic carbocycles. The van der Waals surface area contributed by atoms with Crippen LogP contribution in [0.5, 0.6) is 0 Å². The lowest BCUT2D eigenvalue weighted by molar-refractivity contribution is 0.780. The Kier molecular flexibility index (Phi) is 4.08. The minimum atomic E-state index is 0.563. The zero-order valence-electron chi connectivity index (χ0n) is 9.66. The van der Waals surface area contributed by atoms with Gasteiger partial charge in [0.1, 0.15) is 0 Å². The summed E-state index contributed by atoms with van der Waals surface area (Å²) in [6.07, 6.45) is 7.21. The Hall–Kier alpha value is -0.990. The van der Waals surface area contributed by atoms with Crippen molar-refractivity contribution >= 4 is 23.2 Å². The van der Waals surface area contributed by atoms with Gasteiger partial charge < -0.3 is 4.57 Å². The van der Waals surface area contributed by atoms with E-state index in [9.17, 15) is 0 Å². The molecule has 0 aliphatic heterocycles. The van der Waals surface area contributed by atoms with Gasteiger partial charge in [0.15, 0.2) is 0 Å². The number of halogens is 2. The first-order valence-electron chi connectivity index (χ1n) is 5.69. The summed E-state index contributed by atoms with van der Waals surface area (Å²) in [6.45, 7) is 2.18. The third kappa shape index (κ3) is 3.02. The second kappa shape index (κ2) is 5.56. The molecule has 0 bridgehead atoms. The summed E-state index contributed by atoms with van der Waals surface area (Å²) in [6, 6.07) is 5.57. The van der Waals surface area contributed by atoms with Gasteiger partial charge in [-0.15, -0.1) is 0 Å². The number of aromatic nitrogens is 2. The van der Waals surface area contributed by atoms with Gasteiger partial charge in [-0.2, -0.15) is 0 Å². The number of aryl methyl sites for hydroxylation is 1. The molecule has 1 aromatic heterocycles. The van der Waals surface area contributed by atoms with Crippen molar-refractivity contribution in [1.82, 2.24) is 9.55 Å². The number of nitrogens with zero attached hydrogens (tertiary/aromatic N) is 2. The Morgan fingerprint density at radius 1 is 1.24 bits per heavy atom. The fraction of sp³-hybridized carbons (Fsp3) is 0.308. The average Bonchev–Trinajstić information content (AvgIpc) is 2.79. The van der Waals surface area contributed by atoms with Crippen molar-refractivity contribution in [1.29, 1.82) is 0 Å². The molecule has 90 valence electrons. The van der Waals surface area contributed by atoms with Gasteiger partial charge in [0.2, 0.25) is 0 Å². The van der Waals surface area contributed by atoms with Crippen molar-refractivity contribution < 1.29 is 0 Å². The van der Waals surface area contributed by atoms with Gasteiger partial charge in [-0.25, -0.2) is 4.98 Å². The molecule has 4 heteroatoms. The summed E-state index contributed by atoms with van der Waals surface area (Å²) in [5.41, 5.74) is 2.09. The molecule has 0 unspecified atom stereocenters.